The lowest BCUT2D eigenvalue weighted by Crippen LogP contribution is -2.39. The average Bonchev–Trinajstić information content (AvgIpc) is 2.78. The van der Waals surface area contributed by atoms with E-state index < -0.39 is 0 Å². The molecule has 2 amide bonds. The number of carbonyl (C=O) groups is 3. The predicted octanol–water partition coefficient (Wildman–Crippen LogP) is 4.20. The number of likely N-dealkylation sites (tertiary alicyclic amines) is 1. The Labute approximate surface area is 185 Å². The predicted molar refractivity (Wildman–Crippen MR) is 119 cm³/mol. The first-order valence-electron chi connectivity index (χ1n) is 10.3. The van der Waals surface area contributed by atoms with Crippen LogP contribution in [0, 0.1) is 5.92 Å². The second kappa shape index (κ2) is 8.94. The van der Waals surface area contributed by atoms with E-state index in [1.54, 1.807) is 35.2 Å². The molecule has 1 fully saturated rings. The minimum absolute atomic E-state index is 0.0167. The highest BCUT2D eigenvalue weighted by atomic mass is 35.5. The number of carbonyl (C=O) groups excluding carboxylic acids is 3. The number of rotatable bonds is 4. The van der Waals surface area contributed by atoms with Crippen LogP contribution in [0.4, 0.5) is 5.69 Å². The SMILES string of the molecule is C/C(=C/C(=O)N1CCC(C(=O)c2ccc3c(c2)NC(=O)CO3)CC1)c1ccccc1Cl. The number of anilines is 1. The van der Waals surface area contributed by atoms with Gasteiger partial charge in [-0.2, -0.15) is 0 Å². The van der Waals surface area contributed by atoms with E-state index in [4.69, 9.17) is 16.3 Å². The number of hydrogen-bond donors (Lipinski definition) is 1. The zero-order valence-corrected chi connectivity index (χ0v) is 17.9. The lowest BCUT2D eigenvalue weighted by molar-refractivity contribution is -0.127. The summed E-state index contributed by atoms with van der Waals surface area (Å²) in [6.07, 6.45) is 2.81. The molecule has 2 aromatic carbocycles. The molecule has 160 valence electrons. The van der Waals surface area contributed by atoms with Gasteiger partial charge in [0, 0.05) is 35.7 Å². The molecule has 0 aliphatic carbocycles. The lowest BCUT2D eigenvalue weighted by atomic mass is 9.88. The van der Waals surface area contributed by atoms with Crippen LogP contribution in [-0.4, -0.2) is 42.2 Å². The number of nitrogens with one attached hydrogen (secondary N) is 1. The van der Waals surface area contributed by atoms with E-state index in [2.05, 4.69) is 5.32 Å². The molecule has 0 atom stereocenters. The van der Waals surface area contributed by atoms with E-state index >= 15 is 0 Å². The fraction of sp³-hybridized carbons (Fsp3) is 0.292. The third-order valence-electron chi connectivity index (χ3n) is 5.71. The molecule has 1 N–H and O–H groups in total. The quantitative estimate of drug-likeness (QED) is 0.573. The summed E-state index contributed by atoms with van der Waals surface area (Å²) < 4.78 is 5.35. The second-order valence-corrected chi connectivity index (χ2v) is 8.23. The molecule has 0 radical (unpaired) electrons. The number of nitrogens with zero attached hydrogens (tertiary/aromatic N) is 1. The maximum atomic E-state index is 13.0. The number of fused-ring (bicyclic) bond motifs is 1. The molecule has 1 saturated heterocycles. The van der Waals surface area contributed by atoms with Gasteiger partial charge in [0.1, 0.15) is 5.75 Å². The standard InChI is InChI=1S/C24H23ClN2O4/c1-15(18-4-2-3-5-19(18)25)12-23(29)27-10-8-16(9-11-27)24(30)17-6-7-21-20(13-17)26-22(28)14-31-21/h2-7,12-13,16H,8-11,14H2,1H3,(H,26,28)/b15-12-. The summed E-state index contributed by atoms with van der Waals surface area (Å²) >= 11 is 6.22. The Balaban J connectivity index is 1.38. The van der Waals surface area contributed by atoms with Crippen LogP contribution >= 0.6 is 11.6 Å². The zero-order chi connectivity index (χ0) is 22.0. The minimum Gasteiger partial charge on any atom is -0.482 e. The van der Waals surface area contributed by atoms with Gasteiger partial charge in [-0.05, 0) is 55.2 Å². The molecular formula is C24H23ClN2O4. The van der Waals surface area contributed by atoms with Gasteiger partial charge in [-0.3, -0.25) is 14.4 Å². The van der Waals surface area contributed by atoms with E-state index in [0.717, 1.165) is 11.1 Å². The van der Waals surface area contributed by atoms with Gasteiger partial charge < -0.3 is 15.0 Å². The molecule has 2 aliphatic rings. The molecule has 31 heavy (non-hydrogen) atoms. The molecule has 2 aliphatic heterocycles. The van der Waals surface area contributed by atoms with Gasteiger partial charge in [-0.15, -0.1) is 0 Å². The third kappa shape index (κ3) is 4.64. The number of allylic oxidation sites excluding steroid dienone is 1. The van der Waals surface area contributed by atoms with Crippen LogP contribution in [-0.2, 0) is 9.59 Å². The Morgan fingerprint density at radius 1 is 1.16 bits per heavy atom. The average molecular weight is 439 g/mol. The normalized spacial score (nSPS) is 16.9. The number of Topliss-reactive ketones (excluding diaryl/α,β-unsaturated/α-hetero) is 1. The number of benzene rings is 2. The second-order valence-electron chi connectivity index (χ2n) is 7.82. The Bertz CT molecular complexity index is 1070. The van der Waals surface area contributed by atoms with E-state index in [-0.39, 0.29) is 30.1 Å². The van der Waals surface area contributed by atoms with Crippen LogP contribution in [0.2, 0.25) is 5.02 Å². The van der Waals surface area contributed by atoms with E-state index in [0.29, 0.717) is 48.0 Å². The highest BCUT2D eigenvalue weighted by Crippen LogP contribution is 2.31. The van der Waals surface area contributed by atoms with Crippen molar-refractivity contribution in [1.29, 1.82) is 0 Å². The first-order chi connectivity index (χ1) is 14.9. The maximum absolute atomic E-state index is 13.0. The van der Waals surface area contributed by atoms with E-state index in [1.165, 1.54) is 0 Å². The summed E-state index contributed by atoms with van der Waals surface area (Å²) in [4.78, 5) is 39.0. The van der Waals surface area contributed by atoms with Crippen molar-refractivity contribution in [2.24, 2.45) is 5.92 Å². The number of ketones is 1. The third-order valence-corrected chi connectivity index (χ3v) is 6.04. The molecule has 2 aromatic rings. The van der Waals surface area contributed by atoms with Crippen molar-refractivity contribution in [1.82, 2.24) is 4.90 Å². The van der Waals surface area contributed by atoms with Crippen LogP contribution in [0.5, 0.6) is 5.75 Å². The molecule has 0 aromatic heterocycles. The van der Waals surface area contributed by atoms with Crippen molar-refractivity contribution in [3.8, 4) is 5.75 Å². The highest BCUT2D eigenvalue weighted by molar-refractivity contribution is 6.32. The van der Waals surface area contributed by atoms with Gasteiger partial charge in [0.25, 0.3) is 5.91 Å². The van der Waals surface area contributed by atoms with Crippen molar-refractivity contribution in [3.05, 3.63) is 64.7 Å². The molecule has 0 saturated carbocycles. The number of amides is 2. The summed E-state index contributed by atoms with van der Waals surface area (Å²) in [5, 5.41) is 3.34. The molecule has 0 bridgehead atoms. The van der Waals surface area contributed by atoms with Gasteiger partial charge in [-0.25, -0.2) is 0 Å². The van der Waals surface area contributed by atoms with Crippen LogP contribution < -0.4 is 10.1 Å². The van der Waals surface area contributed by atoms with E-state index in [1.807, 2.05) is 25.1 Å². The van der Waals surface area contributed by atoms with Gasteiger partial charge in [-0.1, -0.05) is 29.8 Å². The number of hydrogen-bond acceptors (Lipinski definition) is 4. The van der Waals surface area contributed by atoms with Crippen molar-refractivity contribution in [2.75, 3.05) is 25.0 Å². The van der Waals surface area contributed by atoms with Gasteiger partial charge >= 0.3 is 0 Å². The van der Waals surface area contributed by atoms with Gasteiger partial charge in [0.05, 0.1) is 5.69 Å². The van der Waals surface area contributed by atoms with Crippen molar-refractivity contribution in [3.63, 3.8) is 0 Å². The Morgan fingerprint density at radius 2 is 1.90 bits per heavy atom. The molecule has 2 heterocycles. The Morgan fingerprint density at radius 3 is 2.65 bits per heavy atom. The number of ether oxygens (including phenoxy) is 1. The fourth-order valence-electron chi connectivity index (χ4n) is 3.97. The smallest absolute Gasteiger partial charge is 0.262 e. The summed E-state index contributed by atoms with van der Waals surface area (Å²) in [5.74, 6) is 0.131. The summed E-state index contributed by atoms with van der Waals surface area (Å²) in [5.41, 5.74) is 2.72. The fourth-order valence-corrected chi connectivity index (χ4v) is 4.25. The van der Waals surface area contributed by atoms with E-state index in [9.17, 15) is 14.4 Å². The summed E-state index contributed by atoms with van der Waals surface area (Å²) in [7, 11) is 0. The Hall–Kier alpha value is -3.12. The Kier molecular flexibility index (Phi) is 6.09. The topological polar surface area (TPSA) is 75.7 Å². The molecule has 6 nitrogen and oxygen atoms in total. The lowest BCUT2D eigenvalue weighted by Gasteiger charge is -2.31. The van der Waals surface area contributed by atoms with Crippen LogP contribution in [0.1, 0.15) is 35.7 Å². The van der Waals surface area contributed by atoms with Crippen molar-refractivity contribution < 1.29 is 19.1 Å². The molecular weight excluding hydrogens is 416 g/mol. The van der Waals surface area contributed by atoms with Crippen LogP contribution in [0.3, 0.4) is 0 Å². The number of halogens is 1. The largest absolute Gasteiger partial charge is 0.482 e. The van der Waals surface area contributed by atoms with Crippen LogP contribution in [0.15, 0.2) is 48.5 Å². The molecule has 7 heteroatoms. The molecule has 4 rings (SSSR count). The first-order valence-corrected chi connectivity index (χ1v) is 10.6. The first kappa shape index (κ1) is 21.1. The van der Waals surface area contributed by atoms with Crippen molar-refractivity contribution >= 4 is 40.5 Å². The summed E-state index contributed by atoms with van der Waals surface area (Å²) in [6, 6.07) is 12.5. The molecule has 0 unspecified atom stereocenters. The van der Waals surface area contributed by atoms with Gasteiger partial charge in [0.2, 0.25) is 5.91 Å². The highest BCUT2D eigenvalue weighted by Gasteiger charge is 2.28. The molecule has 0 spiro atoms. The van der Waals surface area contributed by atoms with Gasteiger partial charge in [0.15, 0.2) is 12.4 Å². The summed E-state index contributed by atoms with van der Waals surface area (Å²) in [6.45, 7) is 2.89. The minimum atomic E-state index is -0.232. The van der Waals surface area contributed by atoms with Crippen molar-refractivity contribution in [2.45, 2.75) is 19.8 Å². The van der Waals surface area contributed by atoms with Crippen LogP contribution in [0.25, 0.3) is 5.57 Å². The monoisotopic (exact) mass is 438 g/mol. The maximum Gasteiger partial charge on any atom is 0.262 e. The zero-order valence-electron chi connectivity index (χ0n) is 17.2. The number of piperidine rings is 1.